The van der Waals surface area contributed by atoms with Crippen molar-refractivity contribution in [2.45, 2.75) is 13.8 Å². The molecule has 31 heavy (non-hydrogen) atoms. The van der Waals surface area contributed by atoms with Gasteiger partial charge in [-0.2, -0.15) is 15.0 Å². The second-order valence-corrected chi connectivity index (χ2v) is 7.36. The number of carboxylic acid groups (broad SMARTS) is 1. The summed E-state index contributed by atoms with van der Waals surface area (Å²) in [6.45, 7) is 3.81. The van der Waals surface area contributed by atoms with Crippen molar-refractivity contribution >= 4 is 23.8 Å². The van der Waals surface area contributed by atoms with E-state index in [1.54, 1.807) is 18.2 Å². The molecule has 0 aliphatic carbocycles. The normalized spacial score (nSPS) is 10.8. The molecule has 0 bridgehead atoms. The molecule has 0 fully saturated rings. The molecule has 0 aliphatic rings. The number of hydrogen-bond acceptors (Lipinski definition) is 5. The molecule has 3 rings (SSSR count). The first-order valence-corrected chi connectivity index (χ1v) is 9.56. The van der Waals surface area contributed by atoms with Gasteiger partial charge in [-0.1, -0.05) is 30.4 Å². The van der Waals surface area contributed by atoms with Gasteiger partial charge >= 0.3 is 5.97 Å². The van der Waals surface area contributed by atoms with E-state index in [4.69, 9.17) is 0 Å². The Morgan fingerprint density at radius 2 is 1.77 bits per heavy atom. The summed E-state index contributed by atoms with van der Waals surface area (Å²) in [5.41, 5.74) is 2.84. The van der Waals surface area contributed by atoms with E-state index in [0.717, 1.165) is 27.1 Å². The lowest BCUT2D eigenvalue weighted by Crippen LogP contribution is -2.28. The van der Waals surface area contributed by atoms with Crippen molar-refractivity contribution in [2.24, 2.45) is 0 Å². The molecule has 1 N–H and O–H groups in total. The van der Waals surface area contributed by atoms with Gasteiger partial charge in [0.05, 0.1) is 5.69 Å². The van der Waals surface area contributed by atoms with E-state index in [1.807, 2.05) is 69.2 Å². The average Bonchev–Trinajstić information content (AvgIpc) is 2.74. The third kappa shape index (κ3) is 4.38. The Balaban J connectivity index is 2.15. The summed E-state index contributed by atoms with van der Waals surface area (Å²) < 4.78 is 0.970. The monoisotopic (exact) mass is 414 g/mol. The summed E-state index contributed by atoms with van der Waals surface area (Å²) in [6.07, 6.45) is 3.11. The first kappa shape index (κ1) is 21.5. The van der Waals surface area contributed by atoms with Gasteiger partial charge in [0.25, 0.3) is 5.56 Å². The van der Waals surface area contributed by atoms with Gasteiger partial charge in [-0.25, -0.2) is 4.79 Å². The zero-order chi connectivity index (χ0) is 22.7. The summed E-state index contributed by atoms with van der Waals surface area (Å²) in [7, 11) is 3.86. The van der Waals surface area contributed by atoms with Crippen molar-refractivity contribution in [3.05, 3.63) is 86.3 Å². The van der Waals surface area contributed by atoms with Crippen LogP contribution >= 0.6 is 0 Å². The highest BCUT2D eigenvalue weighted by Gasteiger charge is 2.21. The van der Waals surface area contributed by atoms with Crippen LogP contribution in [-0.4, -0.2) is 35.0 Å². The number of hydrogen-bond donors (Lipinski definition) is 1. The maximum Gasteiger partial charge on any atom is 0.357 e. The number of rotatable bonds is 5. The van der Waals surface area contributed by atoms with E-state index in [9.17, 15) is 20.0 Å². The van der Waals surface area contributed by atoms with E-state index in [0.29, 0.717) is 5.69 Å². The second kappa shape index (κ2) is 8.67. The zero-order valence-electron chi connectivity index (χ0n) is 17.7. The summed E-state index contributed by atoms with van der Waals surface area (Å²) in [5, 5.41) is 23.4. The number of carbonyl (C=O) groups is 1. The van der Waals surface area contributed by atoms with Crippen LogP contribution in [0.2, 0.25) is 0 Å². The smallest absolute Gasteiger partial charge is 0.357 e. The number of aryl methyl sites for hydroxylation is 2. The van der Waals surface area contributed by atoms with Crippen LogP contribution in [-0.2, 0) is 0 Å². The summed E-state index contributed by atoms with van der Waals surface area (Å²) in [6, 6.07) is 14.6. The Hall–Kier alpha value is -4.18. The van der Waals surface area contributed by atoms with Gasteiger partial charge in [0.1, 0.15) is 11.6 Å². The number of aromatic nitrogens is 2. The Kier molecular flexibility index (Phi) is 6.02. The van der Waals surface area contributed by atoms with E-state index in [-0.39, 0.29) is 16.8 Å². The summed E-state index contributed by atoms with van der Waals surface area (Å²) >= 11 is 0. The molecular weight excluding hydrogens is 392 g/mol. The van der Waals surface area contributed by atoms with Crippen LogP contribution in [0.25, 0.3) is 17.8 Å². The molecule has 0 aliphatic heterocycles. The van der Waals surface area contributed by atoms with Crippen LogP contribution < -0.4 is 10.5 Å². The molecule has 0 saturated carbocycles. The highest BCUT2D eigenvalue weighted by atomic mass is 16.4. The van der Waals surface area contributed by atoms with E-state index in [2.05, 4.69) is 5.10 Å². The number of nitrogens with zero attached hydrogens (tertiary/aromatic N) is 4. The average molecular weight is 414 g/mol. The second-order valence-electron chi connectivity index (χ2n) is 7.36. The molecule has 7 heteroatoms. The van der Waals surface area contributed by atoms with E-state index >= 15 is 0 Å². The van der Waals surface area contributed by atoms with Gasteiger partial charge in [0.2, 0.25) is 0 Å². The summed E-state index contributed by atoms with van der Waals surface area (Å²) in [5.74, 6) is -1.32. The van der Waals surface area contributed by atoms with Crippen molar-refractivity contribution in [3.63, 3.8) is 0 Å². The van der Waals surface area contributed by atoms with Gasteiger partial charge in [-0.3, -0.25) is 4.79 Å². The van der Waals surface area contributed by atoms with Crippen molar-refractivity contribution in [2.75, 3.05) is 19.0 Å². The molecule has 0 amide bonds. The minimum absolute atomic E-state index is 0.0169. The Morgan fingerprint density at radius 1 is 1.10 bits per heavy atom. The lowest BCUT2D eigenvalue weighted by Gasteiger charge is -2.12. The lowest BCUT2D eigenvalue weighted by molar-refractivity contribution is 0.0688. The minimum atomic E-state index is -1.32. The Bertz CT molecular complexity index is 1280. The van der Waals surface area contributed by atoms with Crippen molar-refractivity contribution < 1.29 is 9.90 Å². The van der Waals surface area contributed by atoms with Gasteiger partial charge in [-0.05, 0) is 54.8 Å². The van der Waals surface area contributed by atoms with Gasteiger partial charge in [0.15, 0.2) is 5.69 Å². The van der Waals surface area contributed by atoms with Crippen LogP contribution in [0.5, 0.6) is 0 Å². The zero-order valence-corrected chi connectivity index (χ0v) is 17.7. The Labute approximate surface area is 180 Å². The molecule has 7 nitrogen and oxygen atoms in total. The quantitative estimate of drug-likeness (QED) is 0.684. The fraction of sp³-hybridized carbons (Fsp3) is 0.167. The fourth-order valence-electron chi connectivity index (χ4n) is 3.06. The third-order valence-corrected chi connectivity index (χ3v) is 5.03. The predicted molar refractivity (Wildman–Crippen MR) is 121 cm³/mol. The molecule has 3 aromatic rings. The molecule has 0 radical (unpaired) electrons. The number of benzene rings is 2. The molecule has 1 aromatic heterocycles. The first-order valence-electron chi connectivity index (χ1n) is 9.56. The molecule has 0 unspecified atom stereocenters. The number of nitriles is 1. The molecule has 156 valence electrons. The standard InChI is InChI=1S/C24H22N4O3/c1-15-5-9-19(13-16(15)2)28-23(29)21(14-25)20(22(26-28)24(30)31)12-8-17-6-10-18(11-7-17)27(3)4/h5-13H,1-4H3,(H,30,31)/b12-8-. The van der Waals surface area contributed by atoms with Gasteiger partial charge in [0, 0.05) is 25.3 Å². The highest BCUT2D eigenvalue weighted by Crippen LogP contribution is 2.19. The number of carboxylic acids is 1. The van der Waals surface area contributed by atoms with Crippen LogP contribution in [0.4, 0.5) is 5.69 Å². The molecule has 1 heterocycles. The van der Waals surface area contributed by atoms with Crippen molar-refractivity contribution in [1.29, 1.82) is 5.26 Å². The van der Waals surface area contributed by atoms with E-state index in [1.165, 1.54) is 6.08 Å². The SMILES string of the molecule is Cc1ccc(-n2nc(C(=O)O)c(/C=C\c3ccc(N(C)C)cc3)c(C#N)c2=O)cc1C. The maximum absolute atomic E-state index is 13.0. The molecular formula is C24H22N4O3. The van der Waals surface area contributed by atoms with Gasteiger partial charge in [-0.15, -0.1) is 0 Å². The molecule has 2 aromatic carbocycles. The Morgan fingerprint density at radius 3 is 2.32 bits per heavy atom. The van der Waals surface area contributed by atoms with Crippen molar-refractivity contribution in [1.82, 2.24) is 9.78 Å². The molecule has 0 spiro atoms. The third-order valence-electron chi connectivity index (χ3n) is 5.03. The van der Waals surface area contributed by atoms with Crippen LogP contribution in [0.1, 0.15) is 38.3 Å². The summed E-state index contributed by atoms with van der Waals surface area (Å²) in [4.78, 5) is 26.8. The highest BCUT2D eigenvalue weighted by molar-refractivity contribution is 5.92. The number of anilines is 1. The maximum atomic E-state index is 13.0. The van der Waals surface area contributed by atoms with Crippen LogP contribution in [0.15, 0.2) is 47.3 Å². The van der Waals surface area contributed by atoms with Crippen molar-refractivity contribution in [3.8, 4) is 11.8 Å². The fourth-order valence-corrected chi connectivity index (χ4v) is 3.06. The van der Waals surface area contributed by atoms with Gasteiger partial charge < -0.3 is 10.0 Å². The topological polar surface area (TPSA) is 99.2 Å². The lowest BCUT2D eigenvalue weighted by atomic mass is 10.1. The minimum Gasteiger partial charge on any atom is -0.476 e. The first-order chi connectivity index (χ1) is 14.7. The predicted octanol–water partition coefficient (Wildman–Crippen LogP) is 3.66. The van der Waals surface area contributed by atoms with Crippen LogP contribution in [0.3, 0.4) is 0 Å². The number of aromatic carboxylic acids is 1. The van der Waals surface area contributed by atoms with E-state index < -0.39 is 11.5 Å². The molecule has 0 saturated heterocycles. The largest absolute Gasteiger partial charge is 0.476 e. The van der Waals surface area contributed by atoms with Crippen LogP contribution in [0, 0.1) is 25.2 Å². The molecule has 0 atom stereocenters.